The first-order chi connectivity index (χ1) is 12.5. The van der Waals surface area contributed by atoms with Gasteiger partial charge < -0.3 is 5.32 Å². The molecule has 1 amide bonds. The van der Waals surface area contributed by atoms with Crippen LogP contribution in [0.5, 0.6) is 0 Å². The van der Waals surface area contributed by atoms with Crippen molar-refractivity contribution in [3.8, 4) is 0 Å². The van der Waals surface area contributed by atoms with Gasteiger partial charge in [-0.3, -0.25) is 19.1 Å². The number of halogens is 1. The molecular weight excluding hydrogens is 354 g/mol. The second-order valence-electron chi connectivity index (χ2n) is 6.02. The maximum atomic E-state index is 12.3. The second kappa shape index (κ2) is 7.58. The molecule has 1 aromatic heterocycles. The minimum atomic E-state index is -0.521. The van der Waals surface area contributed by atoms with Crippen LogP contribution < -0.4 is 16.6 Å². The number of amides is 1. The molecule has 0 bridgehead atoms. The van der Waals surface area contributed by atoms with E-state index in [0.717, 1.165) is 5.56 Å². The Morgan fingerprint density at radius 1 is 1.15 bits per heavy atom. The lowest BCUT2D eigenvalue weighted by molar-refractivity contribution is -0.121. The molecular formula is C19H18ClN3O3. The van der Waals surface area contributed by atoms with Gasteiger partial charge in [0.2, 0.25) is 5.91 Å². The number of hydrogen-bond acceptors (Lipinski definition) is 3. The SMILES string of the molecule is C[C@H](NC(=O)CCn1c(=O)[nH]c(=O)c2ccccc21)c1ccc(Cl)cc1. The molecule has 2 N–H and O–H groups in total. The van der Waals surface area contributed by atoms with Gasteiger partial charge in [0, 0.05) is 18.0 Å². The lowest BCUT2D eigenvalue weighted by Gasteiger charge is -2.15. The molecule has 0 aliphatic heterocycles. The normalized spacial score (nSPS) is 12.1. The Balaban J connectivity index is 1.72. The van der Waals surface area contributed by atoms with Crippen molar-refractivity contribution in [2.24, 2.45) is 0 Å². The molecule has 0 saturated heterocycles. The highest BCUT2D eigenvalue weighted by molar-refractivity contribution is 6.30. The summed E-state index contributed by atoms with van der Waals surface area (Å²) >= 11 is 5.87. The minimum Gasteiger partial charge on any atom is -0.350 e. The van der Waals surface area contributed by atoms with Crippen LogP contribution >= 0.6 is 11.6 Å². The Kier molecular flexibility index (Phi) is 5.23. The van der Waals surface area contributed by atoms with E-state index in [1.807, 2.05) is 19.1 Å². The molecule has 1 atom stereocenters. The number of nitrogens with one attached hydrogen (secondary N) is 2. The quantitative estimate of drug-likeness (QED) is 0.723. The predicted octanol–water partition coefficient (Wildman–Crippen LogP) is 2.61. The summed E-state index contributed by atoms with van der Waals surface area (Å²) in [4.78, 5) is 38.5. The second-order valence-corrected chi connectivity index (χ2v) is 6.46. The average molecular weight is 372 g/mol. The maximum Gasteiger partial charge on any atom is 0.328 e. The highest BCUT2D eigenvalue weighted by atomic mass is 35.5. The lowest BCUT2D eigenvalue weighted by Crippen LogP contribution is -2.33. The third kappa shape index (κ3) is 3.86. The van der Waals surface area contributed by atoms with Crippen molar-refractivity contribution in [2.45, 2.75) is 25.9 Å². The van der Waals surface area contributed by atoms with Crippen LogP contribution in [0.25, 0.3) is 10.9 Å². The fourth-order valence-corrected chi connectivity index (χ4v) is 2.95. The van der Waals surface area contributed by atoms with Gasteiger partial charge in [0.15, 0.2) is 0 Å². The van der Waals surface area contributed by atoms with E-state index in [1.165, 1.54) is 4.57 Å². The molecule has 134 valence electrons. The van der Waals surface area contributed by atoms with Crippen LogP contribution in [-0.4, -0.2) is 15.5 Å². The summed E-state index contributed by atoms with van der Waals surface area (Å²) in [5.41, 5.74) is 0.504. The number of H-pyrrole nitrogens is 1. The Bertz CT molecular complexity index is 1050. The van der Waals surface area contributed by atoms with Crippen molar-refractivity contribution in [1.29, 1.82) is 0 Å². The number of carbonyl (C=O) groups excluding carboxylic acids is 1. The summed E-state index contributed by atoms with van der Waals surface area (Å²) in [5, 5.41) is 3.95. The molecule has 3 aromatic rings. The lowest BCUT2D eigenvalue weighted by atomic mass is 10.1. The fraction of sp³-hybridized carbons (Fsp3) is 0.211. The minimum absolute atomic E-state index is 0.119. The summed E-state index contributed by atoms with van der Waals surface area (Å²) in [6, 6.07) is 13.9. The zero-order valence-electron chi connectivity index (χ0n) is 14.2. The highest BCUT2D eigenvalue weighted by Crippen LogP contribution is 2.16. The molecule has 6 nitrogen and oxygen atoms in total. The summed E-state index contributed by atoms with van der Waals surface area (Å²) in [7, 11) is 0. The third-order valence-electron chi connectivity index (χ3n) is 4.22. The van der Waals surface area contributed by atoms with Crippen LogP contribution in [0.15, 0.2) is 58.1 Å². The van der Waals surface area contributed by atoms with E-state index >= 15 is 0 Å². The van der Waals surface area contributed by atoms with Gasteiger partial charge >= 0.3 is 5.69 Å². The summed E-state index contributed by atoms with van der Waals surface area (Å²) in [5.74, 6) is -0.186. The number of aromatic amines is 1. The molecule has 0 radical (unpaired) electrons. The molecule has 3 rings (SSSR count). The zero-order chi connectivity index (χ0) is 18.7. The Morgan fingerprint density at radius 2 is 1.85 bits per heavy atom. The van der Waals surface area contributed by atoms with Gasteiger partial charge in [-0.25, -0.2) is 4.79 Å². The molecule has 7 heteroatoms. The average Bonchev–Trinajstić information content (AvgIpc) is 2.62. The number of carbonyl (C=O) groups is 1. The number of para-hydroxylation sites is 1. The van der Waals surface area contributed by atoms with Gasteiger partial charge in [-0.2, -0.15) is 0 Å². The number of rotatable bonds is 5. The van der Waals surface area contributed by atoms with Crippen molar-refractivity contribution in [1.82, 2.24) is 14.9 Å². The van der Waals surface area contributed by atoms with Gasteiger partial charge in [-0.05, 0) is 36.8 Å². The molecule has 2 aromatic carbocycles. The largest absolute Gasteiger partial charge is 0.350 e. The molecule has 0 aliphatic carbocycles. The zero-order valence-corrected chi connectivity index (χ0v) is 14.9. The van der Waals surface area contributed by atoms with Crippen LogP contribution in [-0.2, 0) is 11.3 Å². The summed E-state index contributed by atoms with van der Waals surface area (Å²) in [6.45, 7) is 2.05. The number of aryl methyl sites for hydroxylation is 1. The Morgan fingerprint density at radius 3 is 2.58 bits per heavy atom. The van der Waals surface area contributed by atoms with E-state index in [4.69, 9.17) is 11.6 Å². The van der Waals surface area contributed by atoms with Crippen LogP contribution in [0, 0.1) is 0 Å². The van der Waals surface area contributed by atoms with E-state index in [9.17, 15) is 14.4 Å². The van der Waals surface area contributed by atoms with E-state index in [0.29, 0.717) is 15.9 Å². The van der Waals surface area contributed by atoms with Crippen molar-refractivity contribution in [3.05, 3.63) is 80.0 Å². The van der Waals surface area contributed by atoms with Gasteiger partial charge in [0.1, 0.15) is 0 Å². The van der Waals surface area contributed by atoms with Gasteiger partial charge in [0.05, 0.1) is 16.9 Å². The first-order valence-electron chi connectivity index (χ1n) is 8.22. The smallest absolute Gasteiger partial charge is 0.328 e. The summed E-state index contributed by atoms with van der Waals surface area (Å²) < 4.78 is 1.41. The van der Waals surface area contributed by atoms with Gasteiger partial charge in [-0.1, -0.05) is 35.9 Å². The highest BCUT2D eigenvalue weighted by Gasteiger charge is 2.12. The van der Waals surface area contributed by atoms with E-state index < -0.39 is 11.2 Å². The monoisotopic (exact) mass is 371 g/mol. The molecule has 0 spiro atoms. The predicted molar refractivity (Wildman–Crippen MR) is 101 cm³/mol. The standard InChI is InChI=1S/C19H18ClN3O3/c1-12(13-6-8-14(20)9-7-13)21-17(24)10-11-23-16-5-3-2-4-15(16)18(25)22-19(23)26/h2-9,12H,10-11H2,1H3,(H,21,24)(H,22,25,26)/t12-/m0/s1. The molecule has 0 fully saturated rings. The molecule has 26 heavy (non-hydrogen) atoms. The molecule has 0 aliphatic rings. The van der Waals surface area contributed by atoms with E-state index in [-0.39, 0.29) is 24.9 Å². The van der Waals surface area contributed by atoms with E-state index in [1.54, 1.807) is 36.4 Å². The molecule has 1 heterocycles. The number of aromatic nitrogens is 2. The first-order valence-corrected chi connectivity index (χ1v) is 8.60. The third-order valence-corrected chi connectivity index (χ3v) is 4.47. The van der Waals surface area contributed by atoms with Crippen molar-refractivity contribution in [3.63, 3.8) is 0 Å². The number of nitrogens with zero attached hydrogens (tertiary/aromatic N) is 1. The van der Waals surface area contributed by atoms with Gasteiger partial charge in [0.25, 0.3) is 5.56 Å². The van der Waals surface area contributed by atoms with Crippen molar-refractivity contribution in [2.75, 3.05) is 0 Å². The van der Waals surface area contributed by atoms with Crippen LogP contribution in [0.1, 0.15) is 24.9 Å². The Labute approximate surface area is 154 Å². The number of hydrogen-bond donors (Lipinski definition) is 2. The first kappa shape index (κ1) is 17.9. The maximum absolute atomic E-state index is 12.3. The van der Waals surface area contributed by atoms with Crippen molar-refractivity contribution >= 4 is 28.4 Å². The van der Waals surface area contributed by atoms with Crippen LogP contribution in [0.2, 0.25) is 5.02 Å². The van der Waals surface area contributed by atoms with E-state index in [2.05, 4.69) is 10.3 Å². The van der Waals surface area contributed by atoms with Crippen LogP contribution in [0.3, 0.4) is 0 Å². The summed E-state index contributed by atoms with van der Waals surface area (Å²) in [6.07, 6.45) is 0.119. The molecule has 0 unspecified atom stereocenters. The fourth-order valence-electron chi connectivity index (χ4n) is 2.83. The van der Waals surface area contributed by atoms with Gasteiger partial charge in [-0.15, -0.1) is 0 Å². The Hall–Kier alpha value is -2.86. The number of fused-ring (bicyclic) bond motifs is 1. The topological polar surface area (TPSA) is 84.0 Å². The van der Waals surface area contributed by atoms with Crippen LogP contribution in [0.4, 0.5) is 0 Å². The molecule has 0 saturated carbocycles. The number of benzene rings is 2. The van der Waals surface area contributed by atoms with Crippen molar-refractivity contribution < 1.29 is 4.79 Å².